The fourth-order valence-electron chi connectivity index (χ4n) is 6.77. The van der Waals surface area contributed by atoms with E-state index in [1.165, 1.54) is 0 Å². The van der Waals surface area contributed by atoms with Crippen LogP contribution in [0.1, 0.15) is 95.1 Å². The smallest absolute Gasteiger partial charge is 0.349 e. The summed E-state index contributed by atoms with van der Waals surface area (Å²) in [5, 5.41) is 10.9. The van der Waals surface area contributed by atoms with Gasteiger partial charge in [0.2, 0.25) is 5.88 Å². The fraction of sp³-hybridized carbons (Fsp3) is 0.241. The third-order valence-corrected chi connectivity index (χ3v) is 10.6. The van der Waals surface area contributed by atoms with Crippen LogP contribution in [0.25, 0.3) is 0 Å². The molecule has 6 rings (SSSR count). The van der Waals surface area contributed by atoms with E-state index in [9.17, 15) is 19.5 Å². The third-order valence-electron chi connectivity index (χ3n) is 10.1. The predicted molar refractivity (Wildman–Crippen MR) is 261 cm³/mol. The van der Waals surface area contributed by atoms with Crippen molar-refractivity contribution in [3.8, 4) is 17.4 Å². The third kappa shape index (κ3) is 14.8. The molecule has 11 nitrogen and oxygen atoms in total. The first-order chi connectivity index (χ1) is 32.0. The van der Waals surface area contributed by atoms with Gasteiger partial charge in [-0.15, -0.1) is 13.2 Å². The minimum Gasteiger partial charge on any atom is -0.484 e. The molecule has 6 aromatic rings. The molecule has 0 saturated heterocycles. The van der Waals surface area contributed by atoms with Crippen molar-refractivity contribution in [3.63, 3.8) is 0 Å². The number of nitrogens with zero attached hydrogens (tertiary/aromatic N) is 2. The number of benzene rings is 4. The van der Waals surface area contributed by atoms with E-state index in [4.69, 9.17) is 46.9 Å². The number of carbonyl (C=O) groups is 3. The Bertz CT molecular complexity index is 2600. The number of rotatable bonds is 20. The Labute approximate surface area is 402 Å². The SMILES string of the molecule is C=C[C@H](c1ccccc1)c1cnc(CCOC(=O)C(C)(C)Oc2ccc(Cl)cc2)c(C(=O)O)c1.C=C[C@H](c1ccccc1)c1cnc(OCC(C)(C)Oc2ccc(Cl)cc2)c(C(=O)OCC)c1. The van der Waals surface area contributed by atoms with Crippen LogP contribution in [0.4, 0.5) is 0 Å². The molecule has 0 amide bonds. The first-order valence-corrected chi connectivity index (χ1v) is 22.2. The molecule has 0 spiro atoms. The summed E-state index contributed by atoms with van der Waals surface area (Å²) in [5.41, 5.74) is 2.31. The minimum absolute atomic E-state index is 0.0392. The molecule has 4 aromatic carbocycles. The number of pyridine rings is 2. The van der Waals surface area contributed by atoms with Crippen molar-refractivity contribution in [1.82, 2.24) is 9.97 Å². The van der Waals surface area contributed by atoms with Gasteiger partial charge in [0, 0.05) is 40.7 Å². The topological polar surface area (TPSA) is 143 Å². The average molecular weight is 946 g/mol. The van der Waals surface area contributed by atoms with Gasteiger partial charge in [-0.2, -0.15) is 0 Å². The van der Waals surface area contributed by atoms with Crippen LogP contribution in [-0.4, -0.2) is 64.0 Å². The number of aromatic carboxylic acids is 1. The maximum Gasteiger partial charge on any atom is 0.349 e. The number of hydrogen-bond donors (Lipinski definition) is 1. The second-order valence-corrected chi connectivity index (χ2v) is 17.1. The van der Waals surface area contributed by atoms with E-state index in [-0.39, 0.29) is 55.1 Å². The van der Waals surface area contributed by atoms with Crippen LogP contribution in [0.5, 0.6) is 17.4 Å². The van der Waals surface area contributed by atoms with Gasteiger partial charge in [-0.1, -0.05) is 96.0 Å². The second-order valence-electron chi connectivity index (χ2n) is 16.2. The summed E-state index contributed by atoms with van der Waals surface area (Å²) in [7, 11) is 0. The zero-order valence-corrected chi connectivity index (χ0v) is 39.6. The number of allylic oxidation sites excluding steroid dienone is 2. The number of carbonyl (C=O) groups excluding carboxylic acids is 2. The van der Waals surface area contributed by atoms with Crippen molar-refractivity contribution in [2.75, 3.05) is 19.8 Å². The molecule has 1 N–H and O–H groups in total. The van der Waals surface area contributed by atoms with Gasteiger partial charge in [0.1, 0.15) is 29.3 Å². The number of carboxylic acid groups (broad SMARTS) is 1. The van der Waals surface area contributed by atoms with E-state index in [1.54, 1.807) is 99.9 Å². The van der Waals surface area contributed by atoms with Crippen molar-refractivity contribution in [3.05, 3.63) is 208 Å². The van der Waals surface area contributed by atoms with Crippen LogP contribution < -0.4 is 14.2 Å². The predicted octanol–water partition coefficient (Wildman–Crippen LogP) is 12.2. The van der Waals surface area contributed by atoms with Gasteiger partial charge >= 0.3 is 17.9 Å². The van der Waals surface area contributed by atoms with Gasteiger partial charge in [-0.05, 0) is 118 Å². The van der Waals surface area contributed by atoms with E-state index in [2.05, 4.69) is 23.1 Å². The highest BCUT2D eigenvalue weighted by molar-refractivity contribution is 6.30. The molecular formula is C54H54Cl2N2O9. The monoisotopic (exact) mass is 944 g/mol. The Hall–Kier alpha value is -6.95. The standard InChI is InChI=1S/C27H26ClNO5.C27H28ClNO4/c1-4-22(18-8-6-5-7-9-18)19-16-23(25(30)31)24(29-17-19)14-15-33-26(32)27(2,3)34-21-12-10-20(28)11-13-21;1-5-23(19-10-8-7-9-11-19)20-16-24(26(30)31-6-2)25(29-17-20)32-18-27(3,4)33-22-14-12-21(28)13-15-22/h4-13,16-17,22H,1,14-15H2,2-3H3,(H,30,31);5,7-17,23H,1,6,18H2,2-4H3/t22-;23-/m11/s1. The maximum absolute atomic E-state index is 12.7. The fourth-order valence-corrected chi connectivity index (χ4v) is 7.02. The minimum atomic E-state index is -1.24. The highest BCUT2D eigenvalue weighted by atomic mass is 35.5. The summed E-state index contributed by atoms with van der Waals surface area (Å²) in [5.74, 6) is -1.14. The van der Waals surface area contributed by atoms with Gasteiger partial charge in [-0.25, -0.2) is 19.4 Å². The van der Waals surface area contributed by atoms with Crippen molar-refractivity contribution >= 4 is 41.1 Å². The van der Waals surface area contributed by atoms with E-state index >= 15 is 0 Å². The van der Waals surface area contributed by atoms with Crippen molar-refractivity contribution in [2.24, 2.45) is 0 Å². The molecule has 0 fully saturated rings. The number of aromatic nitrogens is 2. The van der Waals surface area contributed by atoms with Crippen LogP contribution in [0, 0.1) is 0 Å². The second kappa shape index (κ2) is 24.0. The number of ether oxygens (including phenoxy) is 5. The van der Waals surface area contributed by atoms with Crippen LogP contribution in [-0.2, 0) is 20.7 Å². The average Bonchev–Trinajstić information content (AvgIpc) is 3.31. The molecule has 67 heavy (non-hydrogen) atoms. The van der Waals surface area contributed by atoms with Crippen molar-refractivity contribution < 1.29 is 43.2 Å². The highest BCUT2D eigenvalue weighted by Crippen LogP contribution is 2.31. The molecule has 0 aliphatic carbocycles. The molecular weight excluding hydrogens is 892 g/mol. The van der Waals surface area contributed by atoms with Gasteiger partial charge in [0.05, 0.1) is 24.5 Å². The van der Waals surface area contributed by atoms with Gasteiger partial charge in [0.15, 0.2) is 5.60 Å². The Morgan fingerprint density at radius 1 is 0.672 bits per heavy atom. The summed E-state index contributed by atoms with van der Waals surface area (Å²) < 4.78 is 28.3. The normalized spacial score (nSPS) is 12.0. The van der Waals surface area contributed by atoms with Crippen LogP contribution >= 0.6 is 23.2 Å². The Kier molecular flexibility index (Phi) is 18.3. The highest BCUT2D eigenvalue weighted by Gasteiger charge is 2.32. The number of esters is 2. The molecule has 0 radical (unpaired) electrons. The lowest BCUT2D eigenvalue weighted by atomic mass is 9.91. The molecule has 2 heterocycles. The zero-order chi connectivity index (χ0) is 48.6. The van der Waals surface area contributed by atoms with E-state index in [1.807, 2.05) is 80.6 Å². The number of carboxylic acids is 1. The van der Waals surface area contributed by atoms with Crippen LogP contribution in [0.2, 0.25) is 10.0 Å². The molecule has 2 atom stereocenters. The molecule has 0 bridgehead atoms. The van der Waals surface area contributed by atoms with Crippen molar-refractivity contribution in [2.45, 2.75) is 64.1 Å². The van der Waals surface area contributed by atoms with Gasteiger partial charge in [0.25, 0.3) is 0 Å². The maximum atomic E-state index is 12.7. The Balaban J connectivity index is 0.000000251. The summed E-state index contributed by atoms with van der Waals surface area (Å²) in [4.78, 5) is 46.0. The molecule has 348 valence electrons. The molecule has 13 heteroatoms. The molecule has 2 aromatic heterocycles. The summed E-state index contributed by atoms with van der Waals surface area (Å²) in [6.07, 6.45) is 7.06. The Morgan fingerprint density at radius 2 is 1.16 bits per heavy atom. The zero-order valence-electron chi connectivity index (χ0n) is 38.1. The largest absolute Gasteiger partial charge is 0.484 e. The van der Waals surface area contributed by atoms with Gasteiger partial charge in [-0.3, -0.25) is 4.98 Å². The summed E-state index contributed by atoms with van der Waals surface area (Å²) >= 11 is 11.8. The lowest BCUT2D eigenvalue weighted by Gasteiger charge is -2.26. The quantitative estimate of drug-likeness (QED) is 0.0577. The van der Waals surface area contributed by atoms with E-state index in [0.29, 0.717) is 27.2 Å². The van der Waals surface area contributed by atoms with Crippen LogP contribution in [0.15, 0.2) is 159 Å². The summed E-state index contributed by atoms with van der Waals surface area (Å²) in [6, 6.07) is 36.7. The van der Waals surface area contributed by atoms with Crippen molar-refractivity contribution in [1.29, 1.82) is 0 Å². The first-order valence-electron chi connectivity index (χ1n) is 21.5. The number of hydrogen-bond acceptors (Lipinski definition) is 10. The first kappa shape index (κ1) is 51.0. The molecule has 0 aliphatic rings. The molecule has 0 unspecified atom stereocenters. The Morgan fingerprint density at radius 3 is 1.66 bits per heavy atom. The van der Waals surface area contributed by atoms with E-state index in [0.717, 1.165) is 22.3 Å². The van der Waals surface area contributed by atoms with E-state index < -0.39 is 29.1 Å². The molecule has 0 aliphatic heterocycles. The lowest BCUT2D eigenvalue weighted by molar-refractivity contribution is -0.159. The van der Waals surface area contributed by atoms with Crippen LogP contribution in [0.3, 0.4) is 0 Å². The summed E-state index contributed by atoms with van der Waals surface area (Å²) in [6.45, 7) is 17.0. The lowest BCUT2D eigenvalue weighted by Crippen LogP contribution is -2.40. The molecule has 0 saturated carbocycles. The number of halogens is 2. The van der Waals surface area contributed by atoms with Gasteiger partial charge < -0.3 is 28.8 Å².